The number of aryl methyl sites for hydroxylation is 1. The van der Waals surface area contributed by atoms with Crippen LogP contribution in [0.4, 0.5) is 0 Å². The highest BCUT2D eigenvalue weighted by Gasteiger charge is 2.19. The van der Waals surface area contributed by atoms with Crippen molar-refractivity contribution >= 4 is 23.1 Å². The Balaban J connectivity index is 2.35. The standard InChI is InChI=1S/C14H11ClN2O3/c1-8-6-7-11(20-8)13-16-12(15)9-4-3-5-10(17(9)13)14(18)19-2/h3-7H,1-2H3. The van der Waals surface area contributed by atoms with Crippen molar-refractivity contribution in [2.24, 2.45) is 0 Å². The second-order valence-electron chi connectivity index (χ2n) is 4.26. The molecule has 0 aromatic carbocycles. The van der Waals surface area contributed by atoms with E-state index in [4.69, 9.17) is 20.8 Å². The number of rotatable bonds is 2. The van der Waals surface area contributed by atoms with Crippen LogP contribution >= 0.6 is 11.6 Å². The SMILES string of the molecule is COC(=O)c1cccc2c(Cl)nc(-c3ccc(C)o3)n12. The van der Waals surface area contributed by atoms with Crippen LogP contribution in [0.15, 0.2) is 34.7 Å². The second-order valence-corrected chi connectivity index (χ2v) is 4.62. The lowest BCUT2D eigenvalue weighted by Crippen LogP contribution is -2.08. The van der Waals surface area contributed by atoms with Crippen LogP contribution in [0.2, 0.25) is 5.15 Å². The number of pyridine rings is 1. The molecule has 3 heterocycles. The minimum Gasteiger partial charge on any atom is -0.464 e. The van der Waals surface area contributed by atoms with Gasteiger partial charge in [-0.1, -0.05) is 17.7 Å². The number of methoxy groups -OCH3 is 1. The van der Waals surface area contributed by atoms with E-state index in [0.29, 0.717) is 27.9 Å². The van der Waals surface area contributed by atoms with E-state index < -0.39 is 5.97 Å². The van der Waals surface area contributed by atoms with Gasteiger partial charge < -0.3 is 9.15 Å². The zero-order chi connectivity index (χ0) is 14.3. The van der Waals surface area contributed by atoms with Crippen molar-refractivity contribution in [3.8, 4) is 11.6 Å². The summed E-state index contributed by atoms with van der Waals surface area (Å²) in [4.78, 5) is 16.2. The van der Waals surface area contributed by atoms with Gasteiger partial charge in [0.05, 0.1) is 12.6 Å². The van der Waals surface area contributed by atoms with E-state index >= 15 is 0 Å². The van der Waals surface area contributed by atoms with Gasteiger partial charge in [0.25, 0.3) is 0 Å². The van der Waals surface area contributed by atoms with Gasteiger partial charge >= 0.3 is 5.97 Å². The van der Waals surface area contributed by atoms with Gasteiger partial charge in [0.15, 0.2) is 16.7 Å². The molecule has 0 aliphatic rings. The molecule has 0 saturated heterocycles. The third-order valence-corrected chi connectivity index (χ3v) is 3.25. The normalized spacial score (nSPS) is 10.9. The zero-order valence-corrected chi connectivity index (χ0v) is 11.6. The number of nitrogens with zero attached hydrogens (tertiary/aromatic N) is 2. The summed E-state index contributed by atoms with van der Waals surface area (Å²) in [7, 11) is 1.33. The van der Waals surface area contributed by atoms with Crippen LogP contribution in [0.3, 0.4) is 0 Å². The van der Waals surface area contributed by atoms with Crippen molar-refractivity contribution in [3.05, 3.63) is 46.9 Å². The predicted molar refractivity (Wildman–Crippen MR) is 74.0 cm³/mol. The van der Waals surface area contributed by atoms with Gasteiger partial charge in [-0.05, 0) is 31.2 Å². The number of esters is 1. The smallest absolute Gasteiger partial charge is 0.355 e. The third-order valence-electron chi connectivity index (χ3n) is 2.97. The Morgan fingerprint density at radius 1 is 1.35 bits per heavy atom. The summed E-state index contributed by atoms with van der Waals surface area (Å²) in [6.45, 7) is 1.84. The van der Waals surface area contributed by atoms with Gasteiger partial charge in [0.2, 0.25) is 0 Å². The fraction of sp³-hybridized carbons (Fsp3) is 0.143. The molecule has 3 aromatic heterocycles. The molecule has 0 fully saturated rings. The Morgan fingerprint density at radius 2 is 2.15 bits per heavy atom. The number of imidazole rings is 1. The maximum atomic E-state index is 11.9. The first-order valence-electron chi connectivity index (χ1n) is 5.94. The number of furan rings is 1. The Morgan fingerprint density at radius 3 is 2.80 bits per heavy atom. The van der Waals surface area contributed by atoms with Crippen molar-refractivity contribution in [3.63, 3.8) is 0 Å². The Hall–Kier alpha value is -2.27. The lowest BCUT2D eigenvalue weighted by molar-refractivity contribution is 0.0592. The van der Waals surface area contributed by atoms with E-state index in [-0.39, 0.29) is 0 Å². The summed E-state index contributed by atoms with van der Waals surface area (Å²) in [5.41, 5.74) is 0.965. The van der Waals surface area contributed by atoms with E-state index in [0.717, 1.165) is 5.76 Å². The van der Waals surface area contributed by atoms with Gasteiger partial charge in [-0.3, -0.25) is 4.40 Å². The summed E-state index contributed by atoms with van der Waals surface area (Å²) in [5.74, 6) is 1.30. The Labute approximate surface area is 119 Å². The van der Waals surface area contributed by atoms with E-state index in [2.05, 4.69) is 4.98 Å². The summed E-state index contributed by atoms with van der Waals surface area (Å²) >= 11 is 6.13. The highest BCUT2D eigenvalue weighted by atomic mass is 35.5. The number of hydrogen-bond acceptors (Lipinski definition) is 4. The van der Waals surface area contributed by atoms with Crippen LogP contribution in [0, 0.1) is 6.92 Å². The Bertz CT molecular complexity index is 804. The molecule has 0 saturated carbocycles. The molecule has 0 radical (unpaired) electrons. The molecule has 5 nitrogen and oxygen atoms in total. The summed E-state index contributed by atoms with van der Waals surface area (Å²) in [6, 6.07) is 8.77. The summed E-state index contributed by atoms with van der Waals surface area (Å²) in [6.07, 6.45) is 0. The average molecular weight is 291 g/mol. The molecule has 0 N–H and O–H groups in total. The minimum absolute atomic E-state index is 0.305. The Kier molecular flexibility index (Phi) is 2.99. The number of hydrogen-bond donors (Lipinski definition) is 0. The van der Waals surface area contributed by atoms with Gasteiger partial charge in [0, 0.05) is 0 Å². The summed E-state index contributed by atoms with van der Waals surface area (Å²) < 4.78 is 12.0. The predicted octanol–water partition coefficient (Wildman–Crippen LogP) is 3.34. The summed E-state index contributed by atoms with van der Waals surface area (Å²) in [5, 5.41) is 0.305. The largest absolute Gasteiger partial charge is 0.464 e. The number of ether oxygens (including phenoxy) is 1. The zero-order valence-electron chi connectivity index (χ0n) is 10.9. The molecule has 0 aliphatic carbocycles. The van der Waals surface area contributed by atoms with Crippen molar-refractivity contribution in [1.82, 2.24) is 9.38 Å². The number of fused-ring (bicyclic) bond motifs is 1. The van der Waals surface area contributed by atoms with Gasteiger partial charge in [-0.25, -0.2) is 9.78 Å². The molecule has 0 amide bonds. The highest BCUT2D eigenvalue weighted by Crippen LogP contribution is 2.28. The first-order chi connectivity index (χ1) is 9.61. The number of carbonyl (C=O) groups is 1. The first kappa shape index (κ1) is 12.7. The van der Waals surface area contributed by atoms with E-state index in [1.165, 1.54) is 7.11 Å². The van der Waals surface area contributed by atoms with Crippen LogP contribution in [-0.4, -0.2) is 22.5 Å². The van der Waals surface area contributed by atoms with Gasteiger partial charge in [-0.15, -0.1) is 0 Å². The number of aromatic nitrogens is 2. The topological polar surface area (TPSA) is 56.7 Å². The van der Waals surface area contributed by atoms with E-state index in [1.807, 2.05) is 13.0 Å². The van der Waals surface area contributed by atoms with Crippen molar-refractivity contribution in [2.75, 3.05) is 7.11 Å². The molecular formula is C14H11ClN2O3. The second kappa shape index (κ2) is 4.68. The molecule has 6 heteroatoms. The van der Waals surface area contributed by atoms with Crippen LogP contribution in [0.1, 0.15) is 16.2 Å². The fourth-order valence-electron chi connectivity index (χ4n) is 2.08. The van der Waals surface area contributed by atoms with Gasteiger partial charge in [-0.2, -0.15) is 0 Å². The molecule has 0 bridgehead atoms. The molecule has 0 unspecified atom stereocenters. The van der Waals surface area contributed by atoms with Crippen molar-refractivity contribution in [2.45, 2.75) is 6.92 Å². The maximum Gasteiger partial charge on any atom is 0.355 e. The minimum atomic E-state index is -0.464. The number of halogens is 1. The van der Waals surface area contributed by atoms with Gasteiger partial charge in [0.1, 0.15) is 11.5 Å². The van der Waals surface area contributed by atoms with Crippen molar-refractivity contribution in [1.29, 1.82) is 0 Å². The van der Waals surface area contributed by atoms with Crippen molar-refractivity contribution < 1.29 is 13.9 Å². The first-order valence-corrected chi connectivity index (χ1v) is 6.31. The maximum absolute atomic E-state index is 11.9. The van der Waals surface area contributed by atoms with Crippen LogP contribution < -0.4 is 0 Å². The molecule has 3 aromatic rings. The van der Waals surface area contributed by atoms with Crippen LogP contribution in [0.25, 0.3) is 17.1 Å². The molecule has 3 rings (SSSR count). The molecular weight excluding hydrogens is 280 g/mol. The molecule has 0 atom stereocenters. The number of carbonyl (C=O) groups excluding carboxylic acids is 1. The lowest BCUT2D eigenvalue weighted by atomic mass is 10.3. The lowest BCUT2D eigenvalue weighted by Gasteiger charge is -2.05. The average Bonchev–Trinajstić information content (AvgIpc) is 3.02. The molecule has 0 aliphatic heterocycles. The molecule has 102 valence electrons. The van der Waals surface area contributed by atoms with Crippen LogP contribution in [0.5, 0.6) is 0 Å². The quantitative estimate of drug-likeness (QED) is 0.679. The molecule has 0 spiro atoms. The van der Waals surface area contributed by atoms with Crippen LogP contribution in [-0.2, 0) is 4.74 Å². The van der Waals surface area contributed by atoms with E-state index in [9.17, 15) is 4.79 Å². The monoisotopic (exact) mass is 290 g/mol. The molecule has 20 heavy (non-hydrogen) atoms. The highest BCUT2D eigenvalue weighted by molar-refractivity contribution is 6.33. The van der Waals surface area contributed by atoms with E-state index in [1.54, 1.807) is 28.7 Å². The fourth-order valence-corrected chi connectivity index (χ4v) is 2.31. The third kappa shape index (κ3) is 1.87.